The van der Waals surface area contributed by atoms with Crippen LogP contribution in [0.5, 0.6) is 0 Å². The molecule has 0 radical (unpaired) electrons. The summed E-state index contributed by atoms with van der Waals surface area (Å²) >= 11 is 11.7. The Bertz CT molecular complexity index is 609. The molecule has 0 amide bonds. The standard InChI is InChI=1S/C14H11Cl2F2N/c1-7-2-3-11(17)12(13(7)18)14(19)8-4-9(15)6-10(16)5-8/h2-6,14H,19H2,1H3. The fourth-order valence-electron chi connectivity index (χ4n) is 1.88. The van der Waals surface area contributed by atoms with Crippen molar-refractivity contribution in [1.82, 2.24) is 0 Å². The molecule has 0 aliphatic carbocycles. The molecule has 2 aromatic rings. The topological polar surface area (TPSA) is 26.0 Å². The van der Waals surface area contributed by atoms with Crippen LogP contribution in [0.4, 0.5) is 8.78 Å². The lowest BCUT2D eigenvalue weighted by atomic mass is 9.97. The van der Waals surface area contributed by atoms with E-state index in [1.54, 1.807) is 19.1 Å². The molecule has 2 N–H and O–H groups in total. The van der Waals surface area contributed by atoms with E-state index in [0.717, 1.165) is 0 Å². The van der Waals surface area contributed by atoms with Gasteiger partial charge in [0.25, 0.3) is 0 Å². The van der Waals surface area contributed by atoms with E-state index in [9.17, 15) is 8.78 Å². The van der Waals surface area contributed by atoms with Gasteiger partial charge in [0.05, 0.1) is 6.04 Å². The molecule has 1 nitrogen and oxygen atoms in total. The Labute approximate surface area is 119 Å². The number of aryl methyl sites for hydroxylation is 1. The molecule has 0 bridgehead atoms. The van der Waals surface area contributed by atoms with Crippen molar-refractivity contribution in [3.05, 3.63) is 68.7 Å². The van der Waals surface area contributed by atoms with E-state index in [2.05, 4.69) is 0 Å². The van der Waals surface area contributed by atoms with Crippen LogP contribution in [0.2, 0.25) is 10.0 Å². The zero-order valence-corrected chi connectivity index (χ0v) is 11.6. The molecule has 0 heterocycles. The van der Waals surface area contributed by atoms with E-state index >= 15 is 0 Å². The fraction of sp³-hybridized carbons (Fsp3) is 0.143. The fourth-order valence-corrected chi connectivity index (χ4v) is 2.43. The molecule has 0 fully saturated rings. The van der Waals surface area contributed by atoms with Crippen LogP contribution in [-0.4, -0.2) is 0 Å². The van der Waals surface area contributed by atoms with Gasteiger partial charge in [-0.25, -0.2) is 8.78 Å². The molecular weight excluding hydrogens is 291 g/mol. The Morgan fingerprint density at radius 3 is 2.21 bits per heavy atom. The molecule has 0 saturated carbocycles. The third-order valence-corrected chi connectivity index (χ3v) is 3.31. The highest BCUT2D eigenvalue weighted by atomic mass is 35.5. The lowest BCUT2D eigenvalue weighted by molar-refractivity contribution is 0.538. The summed E-state index contributed by atoms with van der Waals surface area (Å²) in [7, 11) is 0. The maximum Gasteiger partial charge on any atom is 0.134 e. The van der Waals surface area contributed by atoms with Crippen molar-refractivity contribution in [3.63, 3.8) is 0 Å². The normalized spacial score (nSPS) is 12.5. The third-order valence-electron chi connectivity index (χ3n) is 2.87. The van der Waals surface area contributed by atoms with Gasteiger partial charge in [0.2, 0.25) is 0 Å². The Morgan fingerprint density at radius 2 is 1.63 bits per heavy atom. The van der Waals surface area contributed by atoms with Crippen LogP contribution >= 0.6 is 23.2 Å². The smallest absolute Gasteiger partial charge is 0.134 e. The molecule has 2 aromatic carbocycles. The quantitative estimate of drug-likeness (QED) is 0.860. The van der Waals surface area contributed by atoms with Crippen molar-refractivity contribution >= 4 is 23.2 Å². The molecule has 0 aliphatic rings. The minimum Gasteiger partial charge on any atom is -0.320 e. The van der Waals surface area contributed by atoms with Gasteiger partial charge in [-0.3, -0.25) is 0 Å². The molecule has 0 aromatic heterocycles. The number of hydrogen-bond acceptors (Lipinski definition) is 1. The highest BCUT2D eigenvalue weighted by Gasteiger charge is 2.20. The van der Waals surface area contributed by atoms with Crippen LogP contribution in [-0.2, 0) is 0 Å². The van der Waals surface area contributed by atoms with Gasteiger partial charge in [-0.15, -0.1) is 0 Å². The van der Waals surface area contributed by atoms with E-state index in [1.807, 2.05) is 0 Å². The SMILES string of the molecule is Cc1ccc(F)c(C(N)c2cc(Cl)cc(Cl)c2)c1F. The number of nitrogens with two attached hydrogens (primary N) is 1. The molecule has 1 atom stereocenters. The van der Waals surface area contributed by atoms with Crippen LogP contribution in [0.3, 0.4) is 0 Å². The van der Waals surface area contributed by atoms with Crippen LogP contribution in [0.1, 0.15) is 22.7 Å². The van der Waals surface area contributed by atoms with Crippen molar-refractivity contribution in [1.29, 1.82) is 0 Å². The molecule has 100 valence electrons. The second-order valence-electron chi connectivity index (χ2n) is 4.27. The monoisotopic (exact) mass is 301 g/mol. The molecule has 0 saturated heterocycles. The lowest BCUT2D eigenvalue weighted by Crippen LogP contribution is -2.16. The maximum atomic E-state index is 14.0. The molecule has 1 unspecified atom stereocenters. The van der Waals surface area contributed by atoms with E-state index < -0.39 is 17.7 Å². The predicted octanol–water partition coefficient (Wildman–Crippen LogP) is 4.63. The molecular formula is C14H11Cl2F2N. The first kappa shape index (κ1) is 14.3. The first-order valence-corrected chi connectivity index (χ1v) is 6.32. The third kappa shape index (κ3) is 2.89. The second kappa shape index (κ2) is 5.45. The molecule has 5 heteroatoms. The maximum absolute atomic E-state index is 14.0. The van der Waals surface area contributed by atoms with E-state index in [0.29, 0.717) is 21.2 Å². The molecule has 19 heavy (non-hydrogen) atoms. The number of benzene rings is 2. The number of rotatable bonds is 2. The van der Waals surface area contributed by atoms with E-state index in [4.69, 9.17) is 28.9 Å². The van der Waals surface area contributed by atoms with E-state index in [1.165, 1.54) is 18.2 Å². The summed E-state index contributed by atoms with van der Waals surface area (Å²) in [5.41, 5.74) is 6.54. The number of halogens is 4. The minimum absolute atomic E-state index is 0.182. The Balaban J connectivity index is 2.55. The molecule has 2 rings (SSSR count). The van der Waals surface area contributed by atoms with Gasteiger partial charge in [-0.05, 0) is 42.3 Å². The molecule has 0 spiro atoms. The number of hydrogen-bond donors (Lipinski definition) is 1. The average molecular weight is 302 g/mol. The summed E-state index contributed by atoms with van der Waals surface area (Å²) in [5, 5.41) is 0.734. The zero-order valence-electron chi connectivity index (χ0n) is 10.1. The highest BCUT2D eigenvalue weighted by molar-refractivity contribution is 6.34. The van der Waals surface area contributed by atoms with Gasteiger partial charge in [0, 0.05) is 15.6 Å². The van der Waals surface area contributed by atoms with Crippen molar-refractivity contribution in [3.8, 4) is 0 Å². The Kier molecular flexibility index (Phi) is 4.09. The Morgan fingerprint density at radius 1 is 1.05 bits per heavy atom. The Hall–Kier alpha value is -1.16. The average Bonchev–Trinajstić information content (AvgIpc) is 2.33. The summed E-state index contributed by atoms with van der Waals surface area (Å²) in [6.45, 7) is 1.55. The van der Waals surface area contributed by atoms with Crippen molar-refractivity contribution in [2.75, 3.05) is 0 Å². The largest absolute Gasteiger partial charge is 0.320 e. The van der Waals surface area contributed by atoms with E-state index in [-0.39, 0.29) is 5.56 Å². The van der Waals surface area contributed by atoms with Gasteiger partial charge < -0.3 is 5.73 Å². The summed E-state index contributed by atoms with van der Waals surface area (Å²) < 4.78 is 27.8. The van der Waals surface area contributed by atoms with Crippen LogP contribution in [0, 0.1) is 18.6 Å². The first-order chi connectivity index (χ1) is 8.90. The summed E-state index contributed by atoms with van der Waals surface area (Å²) in [6, 6.07) is 6.21. The zero-order chi connectivity index (χ0) is 14.2. The van der Waals surface area contributed by atoms with Gasteiger partial charge in [0.15, 0.2) is 0 Å². The summed E-state index contributed by atoms with van der Waals surface area (Å²) in [4.78, 5) is 0. The van der Waals surface area contributed by atoms with Crippen molar-refractivity contribution in [2.24, 2.45) is 5.73 Å². The van der Waals surface area contributed by atoms with Crippen LogP contribution < -0.4 is 5.73 Å². The summed E-state index contributed by atoms with van der Waals surface area (Å²) in [5.74, 6) is -1.34. The highest BCUT2D eigenvalue weighted by Crippen LogP contribution is 2.30. The predicted molar refractivity (Wildman–Crippen MR) is 73.6 cm³/mol. The van der Waals surface area contributed by atoms with Gasteiger partial charge in [-0.2, -0.15) is 0 Å². The van der Waals surface area contributed by atoms with Crippen molar-refractivity contribution < 1.29 is 8.78 Å². The van der Waals surface area contributed by atoms with Crippen LogP contribution in [0.15, 0.2) is 30.3 Å². The van der Waals surface area contributed by atoms with Gasteiger partial charge in [0.1, 0.15) is 11.6 Å². The van der Waals surface area contributed by atoms with Crippen molar-refractivity contribution in [2.45, 2.75) is 13.0 Å². The first-order valence-electron chi connectivity index (χ1n) is 5.56. The van der Waals surface area contributed by atoms with Crippen LogP contribution in [0.25, 0.3) is 0 Å². The lowest BCUT2D eigenvalue weighted by Gasteiger charge is -2.16. The molecule has 0 aliphatic heterocycles. The minimum atomic E-state index is -0.962. The second-order valence-corrected chi connectivity index (χ2v) is 5.15. The van der Waals surface area contributed by atoms with Gasteiger partial charge in [-0.1, -0.05) is 29.3 Å². The van der Waals surface area contributed by atoms with Gasteiger partial charge >= 0.3 is 0 Å². The summed E-state index contributed by atoms with van der Waals surface area (Å²) in [6.07, 6.45) is 0.